The monoisotopic (exact) mass is 392 g/mol. The van der Waals surface area contributed by atoms with E-state index in [1.807, 2.05) is 36.9 Å². The molecular weight excluding hydrogens is 367 g/mol. The lowest BCUT2D eigenvalue weighted by Crippen LogP contribution is -2.38. The standard InChI is InChI=1S/C24H25FN2O2/c1-15-10-12-26(13-11-15)22-21(18-6-8-19(25)9-7-18)23(28)27(24(22)29)20-14-16(2)4-5-17(20)3/h4-9,14-15H,10-13H2,1-3H3. The summed E-state index contributed by atoms with van der Waals surface area (Å²) in [5, 5.41) is 0. The van der Waals surface area contributed by atoms with Gasteiger partial charge >= 0.3 is 0 Å². The van der Waals surface area contributed by atoms with Crippen molar-refractivity contribution in [2.75, 3.05) is 18.0 Å². The number of carbonyl (C=O) groups is 2. The fourth-order valence-corrected chi connectivity index (χ4v) is 4.10. The highest BCUT2D eigenvalue weighted by Crippen LogP contribution is 2.37. The van der Waals surface area contributed by atoms with Gasteiger partial charge < -0.3 is 4.90 Å². The molecular formula is C24H25FN2O2. The number of imide groups is 1. The number of nitrogens with zero attached hydrogens (tertiary/aromatic N) is 2. The van der Waals surface area contributed by atoms with Crippen LogP contribution in [0.25, 0.3) is 5.57 Å². The normalized spacial score (nSPS) is 18.2. The number of benzene rings is 2. The van der Waals surface area contributed by atoms with Crippen LogP contribution >= 0.6 is 0 Å². The van der Waals surface area contributed by atoms with Crippen LogP contribution in [0.4, 0.5) is 10.1 Å². The lowest BCUT2D eigenvalue weighted by Gasteiger charge is -2.32. The number of piperidine rings is 1. The molecule has 1 saturated heterocycles. The number of hydrogen-bond donors (Lipinski definition) is 0. The number of aryl methyl sites for hydroxylation is 2. The van der Waals surface area contributed by atoms with Crippen molar-refractivity contribution in [2.45, 2.75) is 33.6 Å². The summed E-state index contributed by atoms with van der Waals surface area (Å²) in [5.41, 5.74) is 3.84. The fourth-order valence-electron chi connectivity index (χ4n) is 4.10. The summed E-state index contributed by atoms with van der Waals surface area (Å²) >= 11 is 0. The van der Waals surface area contributed by atoms with Crippen LogP contribution in [-0.4, -0.2) is 29.8 Å². The molecule has 2 aromatic rings. The van der Waals surface area contributed by atoms with E-state index in [1.54, 1.807) is 12.1 Å². The first kappa shape index (κ1) is 19.4. The Hall–Kier alpha value is -2.95. The molecule has 0 saturated carbocycles. The van der Waals surface area contributed by atoms with E-state index in [-0.39, 0.29) is 17.6 Å². The molecule has 150 valence electrons. The van der Waals surface area contributed by atoms with Crippen LogP contribution in [0, 0.1) is 25.6 Å². The lowest BCUT2D eigenvalue weighted by atomic mass is 9.97. The zero-order valence-corrected chi connectivity index (χ0v) is 17.0. The third kappa shape index (κ3) is 3.46. The summed E-state index contributed by atoms with van der Waals surface area (Å²) in [4.78, 5) is 30.4. The van der Waals surface area contributed by atoms with E-state index < -0.39 is 0 Å². The van der Waals surface area contributed by atoms with Gasteiger partial charge in [-0.2, -0.15) is 0 Å². The smallest absolute Gasteiger partial charge is 0.282 e. The van der Waals surface area contributed by atoms with Gasteiger partial charge in [0.2, 0.25) is 0 Å². The molecule has 2 aromatic carbocycles. The first-order valence-electron chi connectivity index (χ1n) is 10.1. The summed E-state index contributed by atoms with van der Waals surface area (Å²) in [6.45, 7) is 7.51. The van der Waals surface area contributed by atoms with E-state index in [2.05, 4.69) is 6.92 Å². The summed E-state index contributed by atoms with van der Waals surface area (Å²) in [6, 6.07) is 11.6. The van der Waals surface area contributed by atoms with Gasteiger partial charge in [0.05, 0.1) is 11.3 Å². The molecule has 0 radical (unpaired) electrons. The van der Waals surface area contributed by atoms with Crippen molar-refractivity contribution in [1.82, 2.24) is 4.90 Å². The Morgan fingerprint density at radius 1 is 0.931 bits per heavy atom. The van der Waals surface area contributed by atoms with Crippen LogP contribution in [-0.2, 0) is 9.59 Å². The Kier molecular flexibility index (Phi) is 4.99. The molecule has 1 fully saturated rings. The molecule has 2 heterocycles. The molecule has 4 nitrogen and oxygen atoms in total. The second-order valence-electron chi connectivity index (χ2n) is 8.14. The van der Waals surface area contributed by atoms with Crippen LogP contribution in [0.2, 0.25) is 0 Å². The fraction of sp³-hybridized carbons (Fsp3) is 0.333. The Morgan fingerprint density at radius 3 is 2.24 bits per heavy atom. The number of likely N-dealkylation sites (tertiary alicyclic amines) is 1. The number of carbonyl (C=O) groups excluding carboxylic acids is 2. The van der Waals surface area contributed by atoms with Crippen molar-refractivity contribution in [3.63, 3.8) is 0 Å². The van der Waals surface area contributed by atoms with E-state index in [9.17, 15) is 14.0 Å². The highest BCUT2D eigenvalue weighted by molar-refractivity contribution is 6.45. The zero-order valence-electron chi connectivity index (χ0n) is 17.0. The second kappa shape index (κ2) is 7.47. The molecule has 0 aliphatic carbocycles. The first-order valence-corrected chi connectivity index (χ1v) is 10.1. The summed E-state index contributed by atoms with van der Waals surface area (Å²) in [7, 11) is 0. The van der Waals surface area contributed by atoms with Crippen molar-refractivity contribution in [3.8, 4) is 0 Å². The van der Waals surface area contributed by atoms with Crippen molar-refractivity contribution < 1.29 is 14.0 Å². The van der Waals surface area contributed by atoms with Gasteiger partial charge in [0.25, 0.3) is 11.8 Å². The Morgan fingerprint density at radius 2 is 1.59 bits per heavy atom. The van der Waals surface area contributed by atoms with Gasteiger partial charge in [-0.25, -0.2) is 9.29 Å². The molecule has 2 aliphatic rings. The number of halogens is 1. The minimum Gasteiger partial charge on any atom is -0.366 e. The number of anilines is 1. The number of rotatable bonds is 3. The SMILES string of the molecule is Cc1ccc(C)c(N2C(=O)C(c3ccc(F)cc3)=C(N3CCC(C)CC3)C2=O)c1. The van der Waals surface area contributed by atoms with Crippen molar-refractivity contribution in [1.29, 1.82) is 0 Å². The third-order valence-electron chi connectivity index (χ3n) is 5.90. The molecule has 0 N–H and O–H groups in total. The predicted molar refractivity (Wildman–Crippen MR) is 112 cm³/mol. The van der Waals surface area contributed by atoms with Gasteiger partial charge in [-0.1, -0.05) is 31.2 Å². The summed E-state index contributed by atoms with van der Waals surface area (Å²) in [6.07, 6.45) is 1.95. The van der Waals surface area contributed by atoms with Gasteiger partial charge in [-0.05, 0) is 67.5 Å². The average molecular weight is 392 g/mol. The first-order chi connectivity index (χ1) is 13.9. The largest absolute Gasteiger partial charge is 0.366 e. The Labute approximate surface area is 170 Å². The van der Waals surface area contributed by atoms with Gasteiger partial charge in [-0.3, -0.25) is 9.59 Å². The quantitative estimate of drug-likeness (QED) is 0.724. The maximum Gasteiger partial charge on any atom is 0.282 e. The molecule has 0 aromatic heterocycles. The molecule has 4 rings (SSSR count). The van der Waals surface area contributed by atoms with E-state index in [4.69, 9.17) is 0 Å². The maximum atomic E-state index is 13.5. The zero-order chi connectivity index (χ0) is 20.7. The lowest BCUT2D eigenvalue weighted by molar-refractivity contribution is -0.120. The molecule has 2 aliphatic heterocycles. The van der Waals surface area contributed by atoms with Gasteiger partial charge in [0.1, 0.15) is 11.5 Å². The Bertz CT molecular complexity index is 1000. The molecule has 0 spiro atoms. The number of amides is 2. The summed E-state index contributed by atoms with van der Waals surface area (Å²) < 4.78 is 13.5. The molecule has 2 amide bonds. The average Bonchev–Trinajstić information content (AvgIpc) is 2.95. The minimum atomic E-state index is -0.370. The van der Waals surface area contributed by atoms with E-state index >= 15 is 0 Å². The van der Waals surface area contributed by atoms with Crippen LogP contribution < -0.4 is 4.90 Å². The van der Waals surface area contributed by atoms with E-state index in [0.717, 1.165) is 37.1 Å². The van der Waals surface area contributed by atoms with Crippen LogP contribution in [0.1, 0.15) is 36.5 Å². The van der Waals surface area contributed by atoms with Crippen molar-refractivity contribution in [2.24, 2.45) is 5.92 Å². The highest BCUT2D eigenvalue weighted by Gasteiger charge is 2.43. The third-order valence-corrected chi connectivity index (χ3v) is 5.90. The second-order valence-corrected chi connectivity index (χ2v) is 8.14. The van der Waals surface area contributed by atoms with E-state index in [0.29, 0.717) is 28.4 Å². The molecule has 0 atom stereocenters. The molecule has 5 heteroatoms. The molecule has 29 heavy (non-hydrogen) atoms. The highest BCUT2D eigenvalue weighted by atomic mass is 19.1. The van der Waals surface area contributed by atoms with Gasteiger partial charge in [0.15, 0.2) is 0 Å². The Balaban J connectivity index is 1.83. The molecule has 0 unspecified atom stereocenters. The minimum absolute atomic E-state index is 0.294. The van der Waals surface area contributed by atoms with Gasteiger partial charge in [-0.15, -0.1) is 0 Å². The molecule has 0 bridgehead atoms. The van der Waals surface area contributed by atoms with Crippen LogP contribution in [0.5, 0.6) is 0 Å². The van der Waals surface area contributed by atoms with E-state index in [1.165, 1.54) is 17.0 Å². The summed E-state index contributed by atoms with van der Waals surface area (Å²) in [5.74, 6) is -0.407. The number of hydrogen-bond acceptors (Lipinski definition) is 3. The maximum absolute atomic E-state index is 13.5. The predicted octanol–water partition coefficient (Wildman–Crippen LogP) is 4.46. The van der Waals surface area contributed by atoms with Crippen molar-refractivity contribution in [3.05, 3.63) is 70.7 Å². The van der Waals surface area contributed by atoms with Crippen molar-refractivity contribution >= 4 is 23.1 Å². The van der Waals surface area contributed by atoms with Gasteiger partial charge in [0, 0.05) is 13.1 Å². The topological polar surface area (TPSA) is 40.6 Å². The van der Waals surface area contributed by atoms with Crippen LogP contribution in [0.15, 0.2) is 48.2 Å². The van der Waals surface area contributed by atoms with Crippen LogP contribution in [0.3, 0.4) is 0 Å².